The lowest BCUT2D eigenvalue weighted by molar-refractivity contribution is 0.133. The number of ether oxygens (including phenoxy) is 1. The molecule has 0 saturated carbocycles. The predicted molar refractivity (Wildman–Crippen MR) is 89.6 cm³/mol. The predicted octanol–water partition coefficient (Wildman–Crippen LogP) is 3.40. The number of hydrogen-bond donors (Lipinski definition) is 2. The maximum atomic E-state index is 9.28. The van der Waals surface area contributed by atoms with Gasteiger partial charge in [-0.05, 0) is 43.5 Å². The van der Waals surface area contributed by atoms with Gasteiger partial charge in [-0.1, -0.05) is 17.7 Å². The third-order valence-electron chi connectivity index (χ3n) is 4.52. The molecule has 22 heavy (non-hydrogen) atoms. The number of benzene rings is 1. The molecule has 0 aliphatic carbocycles. The van der Waals surface area contributed by atoms with Gasteiger partial charge in [-0.3, -0.25) is 0 Å². The molecule has 1 fully saturated rings. The van der Waals surface area contributed by atoms with Crippen LogP contribution in [0, 0.1) is 12.3 Å². The zero-order chi connectivity index (χ0) is 15.6. The lowest BCUT2D eigenvalue weighted by Gasteiger charge is -2.27. The molecule has 1 aliphatic rings. The van der Waals surface area contributed by atoms with Gasteiger partial charge in [-0.2, -0.15) is 0 Å². The summed E-state index contributed by atoms with van der Waals surface area (Å²) in [6.07, 6.45) is 1.72. The molecule has 2 heterocycles. The fourth-order valence-electron chi connectivity index (χ4n) is 2.99. The van der Waals surface area contributed by atoms with Gasteiger partial charge in [0.25, 0.3) is 0 Å². The van der Waals surface area contributed by atoms with Crippen LogP contribution in [0.4, 0.5) is 5.82 Å². The molecule has 4 nitrogen and oxygen atoms in total. The molecule has 1 aliphatic heterocycles. The largest absolute Gasteiger partial charge is 0.396 e. The van der Waals surface area contributed by atoms with Crippen LogP contribution in [0.3, 0.4) is 0 Å². The van der Waals surface area contributed by atoms with Gasteiger partial charge in [0, 0.05) is 35.6 Å². The normalized spacial score (nSPS) is 21.4. The number of rotatable bonds is 5. The van der Waals surface area contributed by atoms with Crippen molar-refractivity contribution in [2.75, 3.05) is 31.7 Å². The van der Waals surface area contributed by atoms with E-state index in [0.29, 0.717) is 6.61 Å². The molecular weight excluding hydrogens is 300 g/mol. The van der Waals surface area contributed by atoms with Crippen LogP contribution in [0.2, 0.25) is 5.02 Å². The van der Waals surface area contributed by atoms with Crippen molar-refractivity contribution in [3.8, 4) is 0 Å². The van der Waals surface area contributed by atoms with Crippen molar-refractivity contribution < 1.29 is 9.84 Å². The second kappa shape index (κ2) is 6.41. The van der Waals surface area contributed by atoms with E-state index in [4.69, 9.17) is 16.3 Å². The Morgan fingerprint density at radius 1 is 1.36 bits per heavy atom. The number of hydrogen-bond acceptors (Lipinski definition) is 4. The second-order valence-corrected chi connectivity index (χ2v) is 6.48. The van der Waals surface area contributed by atoms with Crippen molar-refractivity contribution in [1.29, 1.82) is 0 Å². The van der Waals surface area contributed by atoms with Gasteiger partial charge in [0.15, 0.2) is 0 Å². The topological polar surface area (TPSA) is 54.4 Å². The number of halogens is 1. The highest BCUT2D eigenvalue weighted by molar-refractivity contribution is 6.32. The Kier molecular flexibility index (Phi) is 4.52. The van der Waals surface area contributed by atoms with Gasteiger partial charge in [0.1, 0.15) is 5.82 Å². The highest BCUT2D eigenvalue weighted by atomic mass is 35.5. The standard InChI is InChI=1S/C17H21ClN2O2/c1-12-14(18)4-2-13-3-5-15(20-16(12)13)19-10-17(6-8-21)7-9-22-11-17/h2-5,21H,6-11H2,1H3,(H,19,20)/t17-/m1/s1. The van der Waals surface area contributed by atoms with Crippen molar-refractivity contribution in [3.05, 3.63) is 34.9 Å². The van der Waals surface area contributed by atoms with Crippen LogP contribution >= 0.6 is 11.6 Å². The van der Waals surface area contributed by atoms with Crippen LogP contribution < -0.4 is 5.32 Å². The van der Waals surface area contributed by atoms with Crippen LogP contribution in [-0.4, -0.2) is 36.5 Å². The highest BCUT2D eigenvalue weighted by Crippen LogP contribution is 2.32. The van der Waals surface area contributed by atoms with Gasteiger partial charge in [0.05, 0.1) is 12.1 Å². The number of aliphatic hydroxyl groups excluding tert-OH is 1. The smallest absolute Gasteiger partial charge is 0.126 e. The Morgan fingerprint density at radius 3 is 2.91 bits per heavy atom. The average molecular weight is 321 g/mol. The summed E-state index contributed by atoms with van der Waals surface area (Å²) in [6.45, 7) is 4.39. The van der Waals surface area contributed by atoms with Crippen molar-refractivity contribution >= 4 is 28.3 Å². The van der Waals surface area contributed by atoms with E-state index in [1.54, 1.807) is 0 Å². The number of nitrogens with one attached hydrogen (secondary N) is 1. The molecule has 1 aromatic carbocycles. The SMILES string of the molecule is Cc1c(Cl)ccc2ccc(NC[C@@]3(CCO)CCOC3)nc12. The minimum atomic E-state index is 0.00870. The maximum absolute atomic E-state index is 9.28. The molecule has 2 aromatic rings. The molecule has 2 N–H and O–H groups in total. The third kappa shape index (κ3) is 3.05. The molecule has 0 amide bonds. The quantitative estimate of drug-likeness (QED) is 0.886. The Bertz CT molecular complexity index is 669. The Morgan fingerprint density at radius 2 is 2.18 bits per heavy atom. The van der Waals surface area contributed by atoms with Crippen LogP contribution in [0.5, 0.6) is 0 Å². The zero-order valence-electron chi connectivity index (χ0n) is 12.7. The molecule has 1 aromatic heterocycles. The third-order valence-corrected chi connectivity index (χ3v) is 4.93. The van der Waals surface area contributed by atoms with E-state index in [-0.39, 0.29) is 12.0 Å². The molecule has 3 rings (SSSR count). The number of nitrogens with zero attached hydrogens (tertiary/aromatic N) is 1. The fraction of sp³-hybridized carbons (Fsp3) is 0.471. The number of aromatic nitrogens is 1. The molecular formula is C17H21ClN2O2. The summed E-state index contributed by atoms with van der Waals surface area (Å²) in [6, 6.07) is 7.93. The molecule has 118 valence electrons. The maximum Gasteiger partial charge on any atom is 0.126 e. The first-order chi connectivity index (χ1) is 10.6. The van der Waals surface area contributed by atoms with E-state index in [0.717, 1.165) is 53.3 Å². The summed E-state index contributed by atoms with van der Waals surface area (Å²) >= 11 is 6.18. The minimum Gasteiger partial charge on any atom is -0.396 e. The molecule has 1 atom stereocenters. The summed E-state index contributed by atoms with van der Waals surface area (Å²) in [4.78, 5) is 4.69. The lowest BCUT2D eigenvalue weighted by Crippen LogP contribution is -2.31. The van der Waals surface area contributed by atoms with Crippen LogP contribution in [-0.2, 0) is 4.74 Å². The van der Waals surface area contributed by atoms with Gasteiger partial charge in [-0.15, -0.1) is 0 Å². The van der Waals surface area contributed by atoms with Gasteiger partial charge >= 0.3 is 0 Å². The summed E-state index contributed by atoms with van der Waals surface area (Å²) < 4.78 is 5.52. The van der Waals surface area contributed by atoms with Crippen molar-refractivity contribution in [2.45, 2.75) is 19.8 Å². The first-order valence-corrected chi connectivity index (χ1v) is 8.00. The van der Waals surface area contributed by atoms with E-state index < -0.39 is 0 Å². The lowest BCUT2D eigenvalue weighted by atomic mass is 9.84. The summed E-state index contributed by atoms with van der Waals surface area (Å²) in [5, 5.41) is 14.5. The Hall–Kier alpha value is -1.36. The van der Waals surface area contributed by atoms with E-state index in [1.165, 1.54) is 0 Å². The highest BCUT2D eigenvalue weighted by Gasteiger charge is 2.34. The number of fused-ring (bicyclic) bond motifs is 1. The number of anilines is 1. The summed E-state index contributed by atoms with van der Waals surface area (Å²) in [5.41, 5.74) is 1.93. The van der Waals surface area contributed by atoms with Crippen LogP contribution in [0.1, 0.15) is 18.4 Å². The van der Waals surface area contributed by atoms with E-state index >= 15 is 0 Å². The molecule has 5 heteroatoms. The van der Waals surface area contributed by atoms with Gasteiger partial charge < -0.3 is 15.2 Å². The van der Waals surface area contributed by atoms with Gasteiger partial charge in [0.2, 0.25) is 0 Å². The van der Waals surface area contributed by atoms with E-state index in [9.17, 15) is 5.11 Å². The fourth-order valence-corrected chi connectivity index (χ4v) is 3.15. The number of aliphatic hydroxyl groups is 1. The molecule has 1 saturated heterocycles. The van der Waals surface area contributed by atoms with Crippen LogP contribution in [0.15, 0.2) is 24.3 Å². The molecule has 0 spiro atoms. The molecule has 0 radical (unpaired) electrons. The summed E-state index contributed by atoms with van der Waals surface area (Å²) in [5.74, 6) is 0.835. The first-order valence-electron chi connectivity index (χ1n) is 7.62. The van der Waals surface area contributed by atoms with Crippen LogP contribution in [0.25, 0.3) is 10.9 Å². The van der Waals surface area contributed by atoms with Crippen molar-refractivity contribution in [3.63, 3.8) is 0 Å². The Balaban J connectivity index is 1.80. The zero-order valence-corrected chi connectivity index (χ0v) is 13.5. The second-order valence-electron chi connectivity index (χ2n) is 6.07. The first kappa shape index (κ1) is 15.5. The van der Waals surface area contributed by atoms with E-state index in [1.807, 2.05) is 25.1 Å². The average Bonchev–Trinajstić information content (AvgIpc) is 2.99. The Labute approximate surface area is 135 Å². The minimum absolute atomic E-state index is 0.00870. The number of aryl methyl sites for hydroxylation is 1. The van der Waals surface area contributed by atoms with Gasteiger partial charge in [-0.25, -0.2) is 4.98 Å². The molecule has 0 unspecified atom stereocenters. The monoisotopic (exact) mass is 320 g/mol. The number of pyridine rings is 1. The van der Waals surface area contributed by atoms with Crippen molar-refractivity contribution in [2.24, 2.45) is 5.41 Å². The van der Waals surface area contributed by atoms with E-state index in [2.05, 4.69) is 16.4 Å². The summed E-state index contributed by atoms with van der Waals surface area (Å²) in [7, 11) is 0. The van der Waals surface area contributed by atoms with Crippen molar-refractivity contribution in [1.82, 2.24) is 4.98 Å². The molecule has 0 bridgehead atoms.